The first-order chi connectivity index (χ1) is 33.3. The largest absolute Gasteiger partial charge is 0.461 e. The quantitative estimate of drug-likeness (QED) is 0.0278. The van der Waals surface area contributed by atoms with Gasteiger partial charge in [0, 0.05) is 0 Å². The first-order valence-electron chi connectivity index (χ1n) is 21.4. The topological polar surface area (TPSA) is 280 Å². The van der Waals surface area contributed by atoms with Crippen molar-refractivity contribution in [3.05, 3.63) is 156 Å². The highest BCUT2D eigenvalue weighted by Gasteiger charge is 2.30. The zero-order chi connectivity index (χ0) is 49.8. The summed E-state index contributed by atoms with van der Waals surface area (Å²) in [7, 11) is 0. The fourth-order valence-corrected chi connectivity index (χ4v) is 5.88. The second kappa shape index (κ2) is 29.1. The monoisotopic (exact) mass is 948 g/mol. The second-order valence-electron chi connectivity index (χ2n) is 14.9. The molecule has 6 N–H and O–H groups in total. The first-order valence-corrected chi connectivity index (χ1v) is 21.4. The Hall–Kier alpha value is -8.68. The lowest BCUT2D eigenvalue weighted by Crippen LogP contribution is -2.54. The van der Waals surface area contributed by atoms with Gasteiger partial charge >= 0.3 is 23.9 Å². The molecule has 20 heteroatoms. The molecule has 0 aliphatic heterocycles. The van der Waals surface area contributed by atoms with Crippen molar-refractivity contribution in [2.45, 2.75) is 63.8 Å². The molecule has 6 amide bonds. The maximum atomic E-state index is 13.4. The number of hydrogen-bond donors (Lipinski definition) is 6. The van der Waals surface area contributed by atoms with Crippen molar-refractivity contribution in [2.24, 2.45) is 0 Å². The molecule has 0 aromatic heterocycles. The lowest BCUT2D eigenvalue weighted by atomic mass is 10.1. The van der Waals surface area contributed by atoms with Crippen molar-refractivity contribution in [1.29, 1.82) is 0 Å². The number of amides is 6. The highest BCUT2D eigenvalue weighted by atomic mass is 16.5. The molecule has 0 spiro atoms. The lowest BCUT2D eigenvalue weighted by molar-refractivity contribution is -0.155. The van der Waals surface area contributed by atoms with Crippen LogP contribution in [0.3, 0.4) is 0 Å². The summed E-state index contributed by atoms with van der Waals surface area (Å²) in [6.07, 6.45) is -1.20. The Labute approximate surface area is 396 Å². The Bertz CT molecular complexity index is 2390. The highest BCUT2D eigenvalue weighted by molar-refractivity contribution is 5.97. The molecule has 0 bridgehead atoms. The van der Waals surface area contributed by atoms with Crippen LogP contribution in [0.5, 0.6) is 0 Å². The average molecular weight is 949 g/mol. The van der Waals surface area contributed by atoms with Crippen molar-refractivity contribution in [3.8, 4) is 0 Å². The summed E-state index contributed by atoms with van der Waals surface area (Å²) in [5.74, 6) is -9.31. The summed E-state index contributed by atoms with van der Waals surface area (Å²) >= 11 is 0. The number of nitrogens with one attached hydrogen (secondary N) is 6. The van der Waals surface area contributed by atoms with Crippen LogP contribution in [0.4, 0.5) is 0 Å². The standard InChI is InChI=1S/C49H52N6O14/c1-2-40(56)50-26-42(58)53-37(47(63)52-28-44(60)55-39(49(65)69-32-36-21-13-6-14-22-36)25-46(62)67-30-34-17-9-4-10-18-34)23-41(57)51-27-43(59)54-38(48(64)68-31-35-19-11-5-12-20-35)24-45(61)66-29-33-15-7-3-8-16-33/h2-22,37-39H,1,23-32H2,(H,50,56)(H,51,57)(H,52,63)(H,53,58)(H,54,59)(H,55,60). The second-order valence-corrected chi connectivity index (χ2v) is 14.9. The van der Waals surface area contributed by atoms with E-state index in [1.165, 1.54) is 0 Å². The average Bonchev–Trinajstić information content (AvgIpc) is 3.36. The van der Waals surface area contributed by atoms with Gasteiger partial charge in [-0.1, -0.05) is 128 Å². The molecule has 0 saturated carbocycles. The molecule has 4 rings (SSSR count). The van der Waals surface area contributed by atoms with E-state index in [9.17, 15) is 47.9 Å². The van der Waals surface area contributed by atoms with E-state index < -0.39 is 116 Å². The number of ether oxygens (including phenoxy) is 4. The van der Waals surface area contributed by atoms with Gasteiger partial charge in [-0.2, -0.15) is 0 Å². The van der Waals surface area contributed by atoms with Crippen LogP contribution in [0, 0.1) is 0 Å². The van der Waals surface area contributed by atoms with Gasteiger partial charge in [-0.15, -0.1) is 0 Å². The molecule has 4 aromatic rings. The van der Waals surface area contributed by atoms with Crippen molar-refractivity contribution in [2.75, 3.05) is 19.6 Å². The van der Waals surface area contributed by atoms with Crippen LogP contribution < -0.4 is 31.9 Å². The zero-order valence-electron chi connectivity index (χ0n) is 37.4. The van der Waals surface area contributed by atoms with E-state index in [2.05, 4.69) is 38.5 Å². The predicted molar refractivity (Wildman–Crippen MR) is 244 cm³/mol. The summed E-state index contributed by atoms with van der Waals surface area (Å²) in [6.45, 7) is 0.424. The number of benzene rings is 4. The Kier molecular flexibility index (Phi) is 22.3. The van der Waals surface area contributed by atoms with Gasteiger partial charge in [-0.25, -0.2) is 9.59 Å². The third-order valence-corrected chi connectivity index (χ3v) is 9.43. The van der Waals surface area contributed by atoms with Gasteiger partial charge in [0.25, 0.3) is 0 Å². The molecule has 0 fully saturated rings. The number of carbonyl (C=O) groups is 10. The molecule has 0 saturated heterocycles. The summed E-state index contributed by atoms with van der Waals surface area (Å²) < 4.78 is 21.3. The van der Waals surface area contributed by atoms with Gasteiger partial charge in [0.05, 0.1) is 38.9 Å². The minimum atomic E-state index is -1.71. The fraction of sp³-hybridized carbons (Fsp3) is 0.265. The number of esters is 4. The SMILES string of the molecule is C=CC(=O)NCC(=O)NC(CC(=O)NCC(=O)NC(CC(=O)OCc1ccccc1)C(=O)OCc1ccccc1)C(=O)NCC(=O)NC(CC(=O)OCc1ccccc1)C(=O)OCc1ccccc1. The molecule has 4 aromatic carbocycles. The van der Waals surface area contributed by atoms with Crippen molar-refractivity contribution in [3.63, 3.8) is 0 Å². The smallest absolute Gasteiger partial charge is 0.329 e. The Morgan fingerprint density at radius 1 is 0.406 bits per heavy atom. The maximum absolute atomic E-state index is 13.4. The van der Waals surface area contributed by atoms with E-state index in [1.807, 2.05) is 0 Å². The third-order valence-electron chi connectivity index (χ3n) is 9.43. The Balaban J connectivity index is 1.37. The van der Waals surface area contributed by atoms with Crippen LogP contribution in [0.25, 0.3) is 0 Å². The summed E-state index contributed by atoms with van der Waals surface area (Å²) in [5.41, 5.74) is 2.59. The molecule has 20 nitrogen and oxygen atoms in total. The van der Waals surface area contributed by atoms with Crippen LogP contribution >= 0.6 is 0 Å². The molecule has 0 aliphatic rings. The van der Waals surface area contributed by atoms with Gasteiger partial charge < -0.3 is 50.8 Å². The number of hydrogen-bond acceptors (Lipinski definition) is 14. The molecule has 3 unspecified atom stereocenters. The Morgan fingerprint density at radius 3 is 1.12 bits per heavy atom. The van der Waals surface area contributed by atoms with Crippen molar-refractivity contribution < 1.29 is 66.9 Å². The summed E-state index contributed by atoms with van der Waals surface area (Å²) in [4.78, 5) is 129. The molecule has 69 heavy (non-hydrogen) atoms. The Morgan fingerprint density at radius 2 is 0.739 bits per heavy atom. The van der Waals surface area contributed by atoms with E-state index in [4.69, 9.17) is 18.9 Å². The molecular formula is C49H52N6O14. The maximum Gasteiger partial charge on any atom is 0.329 e. The van der Waals surface area contributed by atoms with Gasteiger partial charge in [-0.05, 0) is 28.3 Å². The van der Waals surface area contributed by atoms with Gasteiger partial charge in [0.1, 0.15) is 44.6 Å². The molecule has 3 atom stereocenters. The van der Waals surface area contributed by atoms with Gasteiger partial charge in [0.15, 0.2) is 0 Å². The van der Waals surface area contributed by atoms with Crippen LogP contribution in [0.2, 0.25) is 0 Å². The lowest BCUT2D eigenvalue weighted by Gasteiger charge is -2.20. The molecule has 362 valence electrons. The molecule has 0 aliphatic carbocycles. The minimum absolute atomic E-state index is 0.109. The van der Waals surface area contributed by atoms with E-state index in [-0.39, 0.29) is 26.4 Å². The molecule has 0 radical (unpaired) electrons. The van der Waals surface area contributed by atoms with E-state index >= 15 is 0 Å². The molecule has 0 heterocycles. The van der Waals surface area contributed by atoms with Crippen LogP contribution in [0.15, 0.2) is 134 Å². The predicted octanol–water partition coefficient (Wildman–Crippen LogP) is 1.12. The van der Waals surface area contributed by atoms with Crippen LogP contribution in [-0.4, -0.2) is 97.1 Å². The first kappa shape index (κ1) is 52.9. The summed E-state index contributed by atoms with van der Waals surface area (Å²) in [6, 6.07) is 29.8. The fourth-order valence-electron chi connectivity index (χ4n) is 5.88. The minimum Gasteiger partial charge on any atom is -0.461 e. The van der Waals surface area contributed by atoms with Crippen molar-refractivity contribution in [1.82, 2.24) is 31.9 Å². The van der Waals surface area contributed by atoms with Gasteiger partial charge in [-0.3, -0.25) is 38.4 Å². The van der Waals surface area contributed by atoms with E-state index in [1.54, 1.807) is 121 Å². The highest BCUT2D eigenvalue weighted by Crippen LogP contribution is 2.09. The van der Waals surface area contributed by atoms with Crippen LogP contribution in [-0.2, 0) is 93.3 Å². The number of rotatable bonds is 27. The molecular weight excluding hydrogens is 897 g/mol. The third kappa shape index (κ3) is 21.0. The van der Waals surface area contributed by atoms with Crippen molar-refractivity contribution >= 4 is 59.3 Å². The zero-order valence-corrected chi connectivity index (χ0v) is 37.4. The van der Waals surface area contributed by atoms with Gasteiger partial charge in [0.2, 0.25) is 35.4 Å². The normalized spacial score (nSPS) is 11.7. The number of carbonyl (C=O) groups excluding carboxylic acids is 10. The summed E-state index contributed by atoms with van der Waals surface area (Å²) in [5, 5.41) is 13.7. The van der Waals surface area contributed by atoms with Crippen LogP contribution in [0.1, 0.15) is 41.5 Å². The van der Waals surface area contributed by atoms with E-state index in [0.29, 0.717) is 22.3 Å². The van der Waals surface area contributed by atoms with E-state index in [0.717, 1.165) is 6.08 Å².